The SMILES string of the molecule is N=Cc1cc(C=O)ccc1N. The molecule has 3 N–H and O–H groups in total. The summed E-state index contributed by atoms with van der Waals surface area (Å²) < 4.78 is 0. The Hall–Kier alpha value is -1.64. The Kier molecular flexibility index (Phi) is 2.01. The Balaban J connectivity index is 3.22. The van der Waals surface area contributed by atoms with Gasteiger partial charge < -0.3 is 11.1 Å². The molecule has 11 heavy (non-hydrogen) atoms. The Labute approximate surface area is 64.3 Å². The number of nitrogens with one attached hydrogen (secondary N) is 1. The Bertz CT molecular complexity index is 294. The van der Waals surface area contributed by atoms with Gasteiger partial charge in [0.15, 0.2) is 0 Å². The van der Waals surface area contributed by atoms with E-state index in [1.807, 2.05) is 0 Å². The van der Waals surface area contributed by atoms with Crippen molar-refractivity contribution in [1.29, 1.82) is 5.41 Å². The molecule has 0 bridgehead atoms. The van der Waals surface area contributed by atoms with Crippen LogP contribution in [0.2, 0.25) is 0 Å². The van der Waals surface area contributed by atoms with Crippen molar-refractivity contribution in [1.82, 2.24) is 0 Å². The first-order valence-electron chi connectivity index (χ1n) is 3.13. The van der Waals surface area contributed by atoms with Gasteiger partial charge >= 0.3 is 0 Å². The van der Waals surface area contributed by atoms with E-state index < -0.39 is 0 Å². The highest BCUT2D eigenvalue weighted by molar-refractivity contribution is 5.88. The summed E-state index contributed by atoms with van der Waals surface area (Å²) in [6.45, 7) is 0. The summed E-state index contributed by atoms with van der Waals surface area (Å²) in [5, 5.41) is 6.94. The van der Waals surface area contributed by atoms with E-state index in [0.717, 1.165) is 12.5 Å². The summed E-state index contributed by atoms with van der Waals surface area (Å²) in [4.78, 5) is 10.3. The van der Waals surface area contributed by atoms with Gasteiger partial charge in [-0.3, -0.25) is 4.79 Å². The van der Waals surface area contributed by atoms with Gasteiger partial charge in [-0.05, 0) is 18.2 Å². The van der Waals surface area contributed by atoms with Crippen molar-refractivity contribution in [2.24, 2.45) is 0 Å². The molecular formula is C8H8N2O. The van der Waals surface area contributed by atoms with Crippen LogP contribution in [0.1, 0.15) is 15.9 Å². The summed E-state index contributed by atoms with van der Waals surface area (Å²) in [6.07, 6.45) is 1.86. The third-order valence-electron chi connectivity index (χ3n) is 1.40. The van der Waals surface area contributed by atoms with Crippen molar-refractivity contribution >= 4 is 18.2 Å². The van der Waals surface area contributed by atoms with Gasteiger partial charge in [0.1, 0.15) is 6.29 Å². The van der Waals surface area contributed by atoms with Gasteiger partial charge in [0.25, 0.3) is 0 Å². The van der Waals surface area contributed by atoms with Crippen molar-refractivity contribution < 1.29 is 4.79 Å². The fourth-order valence-electron chi connectivity index (χ4n) is 0.792. The van der Waals surface area contributed by atoms with E-state index in [4.69, 9.17) is 11.1 Å². The van der Waals surface area contributed by atoms with E-state index in [1.54, 1.807) is 18.2 Å². The van der Waals surface area contributed by atoms with Crippen molar-refractivity contribution in [3.63, 3.8) is 0 Å². The molecule has 56 valence electrons. The molecule has 0 fully saturated rings. The molecule has 0 aliphatic heterocycles. The normalized spacial score (nSPS) is 9.09. The van der Waals surface area contributed by atoms with Crippen LogP contribution in [-0.2, 0) is 0 Å². The number of aldehydes is 1. The van der Waals surface area contributed by atoms with E-state index in [2.05, 4.69) is 0 Å². The third kappa shape index (κ3) is 1.43. The van der Waals surface area contributed by atoms with Crippen molar-refractivity contribution in [2.75, 3.05) is 5.73 Å². The summed E-state index contributed by atoms with van der Waals surface area (Å²) >= 11 is 0. The fourth-order valence-corrected chi connectivity index (χ4v) is 0.792. The summed E-state index contributed by atoms with van der Waals surface area (Å²) in [6, 6.07) is 4.81. The van der Waals surface area contributed by atoms with Crippen LogP contribution in [-0.4, -0.2) is 12.5 Å². The van der Waals surface area contributed by atoms with Crippen LogP contribution in [0.25, 0.3) is 0 Å². The number of hydrogen-bond acceptors (Lipinski definition) is 3. The first-order chi connectivity index (χ1) is 5.27. The van der Waals surface area contributed by atoms with E-state index in [-0.39, 0.29) is 0 Å². The molecule has 0 amide bonds. The number of benzene rings is 1. The van der Waals surface area contributed by atoms with Gasteiger partial charge in [0, 0.05) is 23.0 Å². The molecule has 0 saturated carbocycles. The number of hydrogen-bond donors (Lipinski definition) is 2. The van der Waals surface area contributed by atoms with Gasteiger partial charge in [-0.2, -0.15) is 0 Å². The lowest BCUT2D eigenvalue weighted by molar-refractivity contribution is 0.112. The quantitative estimate of drug-likeness (QED) is 0.374. The molecule has 0 atom stereocenters. The Morgan fingerprint density at radius 2 is 2.18 bits per heavy atom. The minimum absolute atomic E-state index is 0.519. The number of rotatable bonds is 2. The molecule has 3 nitrogen and oxygen atoms in total. The standard InChI is InChI=1S/C8H8N2O/c9-4-7-3-6(5-11)1-2-8(7)10/h1-5,9H,10H2. The van der Waals surface area contributed by atoms with Gasteiger partial charge in [-0.15, -0.1) is 0 Å². The number of carbonyl (C=O) groups excluding carboxylic acids is 1. The number of carbonyl (C=O) groups is 1. The Morgan fingerprint density at radius 1 is 1.45 bits per heavy atom. The molecule has 0 aromatic heterocycles. The lowest BCUT2D eigenvalue weighted by Gasteiger charge is -1.98. The van der Waals surface area contributed by atoms with E-state index >= 15 is 0 Å². The van der Waals surface area contributed by atoms with Crippen molar-refractivity contribution in [2.45, 2.75) is 0 Å². The smallest absolute Gasteiger partial charge is 0.150 e. The molecule has 0 spiro atoms. The molecule has 1 rings (SSSR count). The third-order valence-corrected chi connectivity index (χ3v) is 1.40. The van der Waals surface area contributed by atoms with Crippen molar-refractivity contribution in [3.8, 4) is 0 Å². The monoisotopic (exact) mass is 148 g/mol. The van der Waals surface area contributed by atoms with Gasteiger partial charge in [0.05, 0.1) is 0 Å². The van der Waals surface area contributed by atoms with Crippen LogP contribution in [0.4, 0.5) is 5.69 Å². The predicted molar refractivity (Wildman–Crippen MR) is 44.1 cm³/mol. The van der Waals surface area contributed by atoms with Crippen LogP contribution in [0.3, 0.4) is 0 Å². The maximum absolute atomic E-state index is 10.3. The first-order valence-corrected chi connectivity index (χ1v) is 3.13. The van der Waals surface area contributed by atoms with Crippen LogP contribution >= 0.6 is 0 Å². The average molecular weight is 148 g/mol. The van der Waals surface area contributed by atoms with E-state index in [9.17, 15) is 4.79 Å². The van der Waals surface area contributed by atoms with Crippen LogP contribution < -0.4 is 5.73 Å². The highest BCUT2D eigenvalue weighted by atomic mass is 16.1. The molecule has 0 aliphatic rings. The number of nitrogens with two attached hydrogens (primary N) is 1. The molecule has 0 aliphatic carbocycles. The van der Waals surface area contributed by atoms with E-state index in [0.29, 0.717) is 16.8 Å². The molecule has 0 radical (unpaired) electrons. The molecule has 1 aromatic carbocycles. The minimum atomic E-state index is 0.519. The van der Waals surface area contributed by atoms with Crippen LogP contribution in [0.5, 0.6) is 0 Å². The highest BCUT2D eigenvalue weighted by Crippen LogP contribution is 2.09. The van der Waals surface area contributed by atoms with Crippen LogP contribution in [0, 0.1) is 5.41 Å². The summed E-state index contributed by atoms with van der Waals surface area (Å²) in [5.41, 5.74) is 7.12. The highest BCUT2D eigenvalue weighted by Gasteiger charge is 1.95. The minimum Gasteiger partial charge on any atom is -0.398 e. The lowest BCUT2D eigenvalue weighted by atomic mass is 10.1. The zero-order valence-corrected chi connectivity index (χ0v) is 5.87. The summed E-state index contributed by atoms with van der Waals surface area (Å²) in [5.74, 6) is 0. The number of nitrogen functional groups attached to an aromatic ring is 1. The van der Waals surface area contributed by atoms with E-state index in [1.165, 1.54) is 0 Å². The lowest BCUT2D eigenvalue weighted by Crippen LogP contribution is -1.93. The second-order valence-corrected chi connectivity index (χ2v) is 2.15. The molecule has 3 heteroatoms. The second kappa shape index (κ2) is 2.96. The molecule has 0 unspecified atom stereocenters. The maximum atomic E-state index is 10.3. The maximum Gasteiger partial charge on any atom is 0.150 e. The zero-order chi connectivity index (χ0) is 8.27. The predicted octanol–water partition coefficient (Wildman–Crippen LogP) is 1.08. The van der Waals surface area contributed by atoms with Crippen molar-refractivity contribution in [3.05, 3.63) is 29.3 Å². The molecule has 1 aromatic rings. The second-order valence-electron chi connectivity index (χ2n) is 2.15. The summed E-state index contributed by atoms with van der Waals surface area (Å²) in [7, 11) is 0. The van der Waals surface area contributed by atoms with Gasteiger partial charge in [-0.25, -0.2) is 0 Å². The largest absolute Gasteiger partial charge is 0.398 e. The molecule has 0 saturated heterocycles. The fraction of sp³-hybridized carbons (Fsp3) is 0. The first kappa shape index (κ1) is 7.47. The topological polar surface area (TPSA) is 66.9 Å². The van der Waals surface area contributed by atoms with Crippen LogP contribution in [0.15, 0.2) is 18.2 Å². The Morgan fingerprint density at radius 3 is 2.73 bits per heavy atom. The van der Waals surface area contributed by atoms with Gasteiger partial charge in [0.2, 0.25) is 0 Å². The number of anilines is 1. The molecule has 0 heterocycles. The van der Waals surface area contributed by atoms with Gasteiger partial charge in [-0.1, -0.05) is 0 Å². The zero-order valence-electron chi connectivity index (χ0n) is 5.87. The molecular weight excluding hydrogens is 140 g/mol. The average Bonchev–Trinajstić information content (AvgIpc) is 2.05.